The van der Waals surface area contributed by atoms with E-state index in [4.69, 9.17) is 0 Å². The van der Waals surface area contributed by atoms with Crippen LogP contribution >= 0.6 is 0 Å². The van der Waals surface area contributed by atoms with Gasteiger partial charge in [0.1, 0.15) is 0 Å². The normalized spacial score (nSPS) is 21.5. The monoisotopic (exact) mass is 301 g/mol. The first kappa shape index (κ1) is 15.5. The van der Waals surface area contributed by atoms with Crippen molar-refractivity contribution in [3.8, 4) is 0 Å². The Morgan fingerprint density at radius 1 is 1.18 bits per heavy atom. The lowest BCUT2D eigenvalue weighted by molar-refractivity contribution is -0.122. The van der Waals surface area contributed by atoms with Gasteiger partial charge in [0.2, 0.25) is 5.91 Å². The molecule has 3 rings (SSSR count). The van der Waals surface area contributed by atoms with Gasteiger partial charge in [-0.1, -0.05) is 30.3 Å². The lowest BCUT2D eigenvalue weighted by atomic mass is 10.0. The summed E-state index contributed by atoms with van der Waals surface area (Å²) in [4.78, 5) is 16.9. The Kier molecular flexibility index (Phi) is 5.11. The second-order valence-electron chi connectivity index (χ2n) is 6.70. The van der Waals surface area contributed by atoms with E-state index in [0.717, 1.165) is 52.0 Å². The van der Waals surface area contributed by atoms with Crippen LogP contribution in [-0.4, -0.2) is 61.5 Å². The minimum atomic E-state index is 0.257. The van der Waals surface area contributed by atoms with Crippen molar-refractivity contribution in [1.82, 2.24) is 15.1 Å². The third-order valence-corrected chi connectivity index (χ3v) is 4.83. The predicted octanol–water partition coefficient (Wildman–Crippen LogP) is 1.37. The third-order valence-electron chi connectivity index (χ3n) is 4.83. The van der Waals surface area contributed by atoms with Gasteiger partial charge >= 0.3 is 0 Å². The van der Waals surface area contributed by atoms with E-state index in [0.29, 0.717) is 12.0 Å². The Morgan fingerprint density at radius 3 is 2.50 bits per heavy atom. The van der Waals surface area contributed by atoms with Crippen LogP contribution in [0, 0.1) is 5.92 Å². The van der Waals surface area contributed by atoms with Gasteiger partial charge < -0.3 is 10.2 Å². The molecule has 1 saturated heterocycles. The smallest absolute Gasteiger partial charge is 0.223 e. The van der Waals surface area contributed by atoms with E-state index in [1.165, 1.54) is 5.56 Å². The number of hydrogen-bond donors (Lipinski definition) is 1. The van der Waals surface area contributed by atoms with Crippen LogP contribution in [0.5, 0.6) is 0 Å². The highest BCUT2D eigenvalue weighted by atomic mass is 16.2. The van der Waals surface area contributed by atoms with Gasteiger partial charge in [0.15, 0.2) is 0 Å². The van der Waals surface area contributed by atoms with Crippen molar-refractivity contribution >= 4 is 5.91 Å². The minimum Gasteiger partial charge on any atom is -0.354 e. The zero-order valence-corrected chi connectivity index (χ0v) is 13.5. The summed E-state index contributed by atoms with van der Waals surface area (Å²) in [5.41, 5.74) is 1.35. The van der Waals surface area contributed by atoms with E-state index in [1.54, 1.807) is 0 Å². The van der Waals surface area contributed by atoms with Crippen molar-refractivity contribution in [3.63, 3.8) is 0 Å². The van der Waals surface area contributed by atoms with E-state index >= 15 is 0 Å². The van der Waals surface area contributed by atoms with Crippen LogP contribution in [0.4, 0.5) is 0 Å². The summed E-state index contributed by atoms with van der Waals surface area (Å²) >= 11 is 0. The van der Waals surface area contributed by atoms with Crippen LogP contribution in [0.15, 0.2) is 30.3 Å². The molecule has 0 radical (unpaired) electrons. The Hall–Kier alpha value is -1.39. The summed E-state index contributed by atoms with van der Waals surface area (Å²) in [5.74, 6) is 0.553. The second kappa shape index (κ2) is 7.25. The summed E-state index contributed by atoms with van der Waals surface area (Å²) in [6, 6.07) is 11.0. The molecule has 4 heteroatoms. The summed E-state index contributed by atoms with van der Waals surface area (Å²) < 4.78 is 0. The quantitative estimate of drug-likeness (QED) is 0.862. The molecule has 1 aromatic rings. The van der Waals surface area contributed by atoms with Crippen molar-refractivity contribution in [2.75, 3.05) is 39.8 Å². The Bertz CT molecular complexity index is 478. The summed E-state index contributed by atoms with van der Waals surface area (Å²) in [6.07, 6.45) is 3.16. The van der Waals surface area contributed by atoms with Gasteiger partial charge in [0.05, 0.1) is 0 Å². The molecule has 0 bridgehead atoms. The van der Waals surface area contributed by atoms with E-state index in [1.807, 2.05) is 0 Å². The van der Waals surface area contributed by atoms with Crippen molar-refractivity contribution in [2.45, 2.75) is 25.3 Å². The molecule has 1 unspecified atom stereocenters. The molecule has 1 heterocycles. The van der Waals surface area contributed by atoms with Gasteiger partial charge in [-0.15, -0.1) is 0 Å². The van der Waals surface area contributed by atoms with E-state index < -0.39 is 0 Å². The number of nitrogens with one attached hydrogen (secondary N) is 1. The first-order valence-electron chi connectivity index (χ1n) is 8.46. The lowest BCUT2D eigenvalue weighted by Gasteiger charge is -2.38. The molecule has 2 fully saturated rings. The Morgan fingerprint density at radius 2 is 1.86 bits per heavy atom. The van der Waals surface area contributed by atoms with Crippen LogP contribution in [-0.2, 0) is 11.2 Å². The van der Waals surface area contributed by atoms with Crippen molar-refractivity contribution in [1.29, 1.82) is 0 Å². The van der Waals surface area contributed by atoms with Crippen LogP contribution in [0.3, 0.4) is 0 Å². The molecule has 120 valence electrons. The molecule has 1 N–H and O–H groups in total. The molecule has 1 aliphatic heterocycles. The predicted molar refractivity (Wildman–Crippen MR) is 88.7 cm³/mol. The molecule has 4 nitrogen and oxygen atoms in total. The third kappa shape index (κ3) is 4.31. The lowest BCUT2D eigenvalue weighted by Crippen LogP contribution is -2.53. The van der Waals surface area contributed by atoms with Crippen molar-refractivity contribution < 1.29 is 4.79 Å². The van der Waals surface area contributed by atoms with Crippen molar-refractivity contribution in [2.24, 2.45) is 5.92 Å². The number of carbonyl (C=O) groups is 1. The highest BCUT2D eigenvalue weighted by molar-refractivity contribution is 5.80. The summed E-state index contributed by atoms with van der Waals surface area (Å²) in [6.45, 7) is 5.18. The van der Waals surface area contributed by atoms with Crippen LogP contribution in [0.25, 0.3) is 0 Å². The molecule has 22 heavy (non-hydrogen) atoms. The fourth-order valence-corrected chi connectivity index (χ4v) is 3.11. The largest absolute Gasteiger partial charge is 0.354 e. The van der Waals surface area contributed by atoms with Gasteiger partial charge in [-0.25, -0.2) is 0 Å². The van der Waals surface area contributed by atoms with Gasteiger partial charge in [-0.3, -0.25) is 9.69 Å². The maximum atomic E-state index is 12.0. The molecular formula is C18H27N3O. The molecule has 2 aliphatic rings. The molecule has 1 atom stereocenters. The van der Waals surface area contributed by atoms with E-state index in [2.05, 4.69) is 52.5 Å². The summed E-state index contributed by atoms with van der Waals surface area (Å²) in [7, 11) is 2.18. The van der Waals surface area contributed by atoms with Gasteiger partial charge in [-0.2, -0.15) is 0 Å². The number of rotatable bonds is 6. The fourth-order valence-electron chi connectivity index (χ4n) is 3.11. The Balaban J connectivity index is 1.60. The number of nitrogens with zero attached hydrogens (tertiary/aromatic N) is 2. The second-order valence-corrected chi connectivity index (χ2v) is 6.70. The van der Waals surface area contributed by atoms with Crippen LogP contribution in [0.1, 0.15) is 18.4 Å². The number of hydrogen-bond acceptors (Lipinski definition) is 3. The van der Waals surface area contributed by atoms with Gasteiger partial charge in [-0.05, 0) is 31.9 Å². The Labute approximate surface area is 133 Å². The first-order chi connectivity index (χ1) is 10.7. The minimum absolute atomic E-state index is 0.257. The van der Waals surface area contributed by atoms with E-state index in [9.17, 15) is 4.79 Å². The fraction of sp³-hybridized carbons (Fsp3) is 0.611. The molecule has 1 aromatic carbocycles. The van der Waals surface area contributed by atoms with Gasteiger partial charge in [0, 0.05) is 44.7 Å². The highest BCUT2D eigenvalue weighted by Crippen LogP contribution is 2.28. The molecule has 1 saturated carbocycles. The molecular weight excluding hydrogens is 274 g/mol. The number of benzene rings is 1. The zero-order chi connectivity index (χ0) is 15.4. The average Bonchev–Trinajstić information content (AvgIpc) is 3.38. The maximum Gasteiger partial charge on any atom is 0.223 e. The van der Waals surface area contributed by atoms with E-state index in [-0.39, 0.29) is 5.91 Å². The standard InChI is InChI=1S/C18H27N3O/c1-20-9-11-21(12-10-20)17(13-15-5-3-2-4-6-15)14-19-18(22)16-7-8-16/h2-6,16-17H,7-14H2,1H3,(H,19,22). The van der Waals surface area contributed by atoms with Crippen molar-refractivity contribution in [3.05, 3.63) is 35.9 Å². The molecule has 1 amide bonds. The molecule has 1 aliphatic carbocycles. The average molecular weight is 301 g/mol. The first-order valence-corrected chi connectivity index (χ1v) is 8.46. The number of likely N-dealkylation sites (N-methyl/N-ethyl adjacent to an activating group) is 1. The summed E-state index contributed by atoms with van der Waals surface area (Å²) in [5, 5.41) is 3.18. The molecule has 0 spiro atoms. The molecule has 0 aromatic heterocycles. The van der Waals surface area contributed by atoms with Crippen LogP contribution < -0.4 is 5.32 Å². The SMILES string of the molecule is CN1CCN(C(CNC(=O)C2CC2)Cc2ccccc2)CC1. The van der Waals surface area contributed by atoms with Crippen LogP contribution in [0.2, 0.25) is 0 Å². The topological polar surface area (TPSA) is 35.6 Å². The van der Waals surface area contributed by atoms with Gasteiger partial charge in [0.25, 0.3) is 0 Å². The zero-order valence-electron chi connectivity index (χ0n) is 13.5. The number of amides is 1. The number of carbonyl (C=O) groups excluding carboxylic acids is 1. The number of piperazine rings is 1. The maximum absolute atomic E-state index is 12.0. The highest BCUT2D eigenvalue weighted by Gasteiger charge is 2.30.